The molecular weight excluding hydrogens is 519 g/mol. The van der Waals surface area contributed by atoms with E-state index < -0.39 is 58.0 Å². The number of Topliss-reactive ketones (excluding diaryl/α,β-unsaturated/α-hetero) is 2. The van der Waals surface area contributed by atoms with Gasteiger partial charge in [-0.15, -0.1) is 0 Å². The summed E-state index contributed by atoms with van der Waals surface area (Å²) in [5.74, 6) is -6.44. The molecule has 0 radical (unpaired) electrons. The number of likely N-dealkylation sites (N-methyl/N-ethyl adjacent to an activating group) is 1. The molecule has 0 saturated heterocycles. The maximum absolute atomic E-state index is 13.6. The number of amides is 1. The van der Waals surface area contributed by atoms with Crippen molar-refractivity contribution in [3.05, 3.63) is 43.7 Å². The second-order valence-corrected chi connectivity index (χ2v) is 9.54. The number of nitrogens with zero attached hydrogens (tertiary/aromatic N) is 1. The van der Waals surface area contributed by atoms with Gasteiger partial charge < -0.3 is 26.2 Å². The summed E-state index contributed by atoms with van der Waals surface area (Å²) in [4.78, 5) is 39.9. The van der Waals surface area contributed by atoms with Crippen molar-refractivity contribution in [1.82, 2.24) is 4.90 Å². The summed E-state index contributed by atoms with van der Waals surface area (Å²) < 4.78 is 0.784. The van der Waals surface area contributed by atoms with E-state index in [1.54, 1.807) is 20.2 Å². The van der Waals surface area contributed by atoms with Gasteiger partial charge in [-0.3, -0.25) is 19.3 Å². The summed E-state index contributed by atoms with van der Waals surface area (Å²) in [6.07, 6.45) is 0.374. The van der Waals surface area contributed by atoms with Crippen LogP contribution < -0.4 is 5.73 Å². The van der Waals surface area contributed by atoms with Gasteiger partial charge in [0.2, 0.25) is 5.78 Å². The lowest BCUT2D eigenvalue weighted by molar-refractivity contribution is -0.153. The molecule has 6 N–H and O–H groups in total. The number of phenolic OH excluding ortho intramolecular Hbond substituents is 1. The summed E-state index contributed by atoms with van der Waals surface area (Å²) in [5.41, 5.74) is 2.46. The van der Waals surface area contributed by atoms with Gasteiger partial charge in [0.25, 0.3) is 5.91 Å². The number of halogens is 1. The topological polar surface area (TPSA) is 161 Å². The molecule has 4 rings (SSSR count). The zero-order valence-electron chi connectivity index (χ0n) is 16.7. The second-order valence-electron chi connectivity index (χ2n) is 8.38. The van der Waals surface area contributed by atoms with Crippen LogP contribution in [0.2, 0.25) is 0 Å². The van der Waals surface area contributed by atoms with E-state index in [2.05, 4.69) is 22.6 Å². The van der Waals surface area contributed by atoms with Crippen LogP contribution in [0.3, 0.4) is 0 Å². The minimum absolute atomic E-state index is 0.0809. The molecule has 31 heavy (non-hydrogen) atoms. The number of fused-ring (bicyclic) bond motifs is 3. The zero-order chi connectivity index (χ0) is 23.0. The minimum atomic E-state index is -2.61. The highest BCUT2D eigenvalue weighted by molar-refractivity contribution is 14.1. The van der Waals surface area contributed by atoms with E-state index in [1.165, 1.54) is 11.0 Å². The monoisotopic (exact) mass is 540 g/mol. The van der Waals surface area contributed by atoms with Crippen molar-refractivity contribution in [3.63, 3.8) is 0 Å². The van der Waals surface area contributed by atoms with E-state index in [0.29, 0.717) is 12.0 Å². The summed E-state index contributed by atoms with van der Waals surface area (Å²) in [6, 6.07) is 2.00. The Morgan fingerprint density at radius 3 is 2.45 bits per heavy atom. The lowest BCUT2D eigenvalue weighted by Gasteiger charge is -2.50. The molecule has 3 aliphatic carbocycles. The Morgan fingerprint density at radius 2 is 1.87 bits per heavy atom. The van der Waals surface area contributed by atoms with Crippen LogP contribution in [0.25, 0.3) is 5.76 Å². The van der Waals surface area contributed by atoms with Gasteiger partial charge in [0.05, 0.1) is 11.6 Å². The van der Waals surface area contributed by atoms with Crippen LogP contribution in [0.1, 0.15) is 17.5 Å². The number of benzene rings is 1. The van der Waals surface area contributed by atoms with Crippen molar-refractivity contribution in [2.75, 3.05) is 14.1 Å². The van der Waals surface area contributed by atoms with Crippen LogP contribution >= 0.6 is 22.6 Å². The molecule has 164 valence electrons. The number of carbonyl (C=O) groups excluding carboxylic acids is 3. The van der Waals surface area contributed by atoms with Crippen molar-refractivity contribution in [1.29, 1.82) is 0 Å². The number of nitrogens with two attached hydrogens (primary N) is 1. The molecule has 10 heteroatoms. The lowest BCUT2D eigenvalue weighted by Crippen LogP contribution is -2.65. The molecule has 0 bridgehead atoms. The molecule has 0 aliphatic heterocycles. The number of hydrogen-bond donors (Lipinski definition) is 5. The predicted octanol–water partition coefficient (Wildman–Crippen LogP) is 0.569. The van der Waals surface area contributed by atoms with Crippen molar-refractivity contribution in [3.8, 4) is 5.75 Å². The van der Waals surface area contributed by atoms with Crippen LogP contribution in [-0.4, -0.2) is 68.5 Å². The van der Waals surface area contributed by atoms with Gasteiger partial charge in [0.1, 0.15) is 22.8 Å². The molecule has 1 amide bonds. The number of hydrogen-bond acceptors (Lipinski definition) is 8. The highest BCUT2D eigenvalue weighted by Crippen LogP contribution is 2.52. The maximum atomic E-state index is 13.6. The fourth-order valence-electron chi connectivity index (χ4n) is 5.21. The number of ketones is 2. The first-order valence-corrected chi connectivity index (χ1v) is 10.7. The minimum Gasteiger partial charge on any atom is -0.508 e. The fraction of sp³-hybridized carbons (Fsp3) is 0.381. The van der Waals surface area contributed by atoms with Crippen LogP contribution in [-0.2, 0) is 20.8 Å². The van der Waals surface area contributed by atoms with Crippen LogP contribution in [0.4, 0.5) is 0 Å². The summed E-state index contributed by atoms with van der Waals surface area (Å²) >= 11 is 2.07. The van der Waals surface area contributed by atoms with Gasteiger partial charge in [0, 0.05) is 15.1 Å². The molecule has 1 aromatic carbocycles. The summed E-state index contributed by atoms with van der Waals surface area (Å²) in [7, 11) is 3.13. The van der Waals surface area contributed by atoms with Crippen LogP contribution in [0, 0.1) is 15.4 Å². The smallest absolute Gasteiger partial charge is 0.255 e. The molecule has 1 saturated carbocycles. The predicted molar refractivity (Wildman–Crippen MR) is 117 cm³/mol. The standard InChI is InChI=1S/C21H21IN2O7/c1-24(2)15-9-6-7-5-8-10(22)3-4-11(25)13(8)16(26)12(7)18(28)21(9,31)19(29)14(17(15)27)20(23)30/h3-4,7,9,15,25-26,29,31H,5-6H2,1-2H3,(H2,23,30)/t7?,9?,15?,21-/m0/s1. The van der Waals surface area contributed by atoms with E-state index in [0.717, 1.165) is 3.57 Å². The Bertz CT molecular complexity index is 1120. The Labute approximate surface area is 191 Å². The number of aliphatic hydroxyl groups is 3. The lowest BCUT2D eigenvalue weighted by atomic mass is 9.57. The van der Waals surface area contributed by atoms with Gasteiger partial charge in [0.15, 0.2) is 11.4 Å². The first kappa shape index (κ1) is 21.8. The molecule has 9 nitrogen and oxygen atoms in total. The summed E-state index contributed by atoms with van der Waals surface area (Å²) in [6.45, 7) is 0. The van der Waals surface area contributed by atoms with Crippen molar-refractivity contribution >= 4 is 45.8 Å². The number of aliphatic hydroxyl groups excluding tert-OH is 2. The molecule has 1 aromatic rings. The van der Waals surface area contributed by atoms with Crippen LogP contribution in [0.15, 0.2) is 29.0 Å². The third-order valence-electron chi connectivity index (χ3n) is 6.55. The Hall–Kier alpha value is -2.44. The van der Waals surface area contributed by atoms with Gasteiger partial charge in [-0.1, -0.05) is 0 Å². The maximum Gasteiger partial charge on any atom is 0.255 e. The molecule has 3 aliphatic rings. The molecular formula is C21H21IN2O7. The van der Waals surface area contributed by atoms with Gasteiger partial charge >= 0.3 is 0 Å². The molecule has 0 spiro atoms. The first-order valence-electron chi connectivity index (χ1n) is 9.58. The van der Waals surface area contributed by atoms with Crippen molar-refractivity contribution in [2.45, 2.75) is 24.5 Å². The van der Waals surface area contributed by atoms with Gasteiger partial charge in [-0.05, 0) is 73.1 Å². The largest absolute Gasteiger partial charge is 0.508 e. The average molecular weight is 540 g/mol. The number of rotatable bonds is 2. The second kappa shape index (κ2) is 7.04. The molecule has 4 atom stereocenters. The SMILES string of the molecule is CN(C)C1C(=O)C(C(N)=O)=C(O)[C@@]2(O)C(=O)C3=C(O)c4c(O)ccc(I)c4CC3CC12. The molecule has 1 fully saturated rings. The first-order chi connectivity index (χ1) is 14.4. The fourth-order valence-corrected chi connectivity index (χ4v) is 5.88. The van der Waals surface area contributed by atoms with E-state index >= 15 is 0 Å². The Morgan fingerprint density at radius 1 is 1.23 bits per heavy atom. The Balaban J connectivity index is 1.99. The third kappa shape index (κ3) is 2.77. The quantitative estimate of drug-likeness (QED) is 0.269. The number of primary amides is 1. The third-order valence-corrected chi connectivity index (χ3v) is 7.56. The Kier molecular flexibility index (Phi) is 4.94. The number of carbonyl (C=O) groups is 3. The van der Waals surface area contributed by atoms with E-state index in [9.17, 15) is 34.8 Å². The normalized spacial score (nSPS) is 30.3. The molecule has 3 unspecified atom stereocenters. The molecule has 0 aromatic heterocycles. The average Bonchev–Trinajstić information content (AvgIpc) is 2.67. The van der Waals surface area contributed by atoms with E-state index in [4.69, 9.17) is 5.73 Å². The van der Waals surface area contributed by atoms with E-state index in [1.807, 2.05) is 0 Å². The number of aromatic hydroxyl groups is 1. The number of phenols is 1. The highest BCUT2D eigenvalue weighted by Gasteiger charge is 2.64. The molecule has 0 heterocycles. The zero-order valence-corrected chi connectivity index (χ0v) is 18.9. The van der Waals surface area contributed by atoms with Crippen LogP contribution in [0.5, 0.6) is 5.75 Å². The summed E-state index contributed by atoms with van der Waals surface area (Å²) in [5, 5.41) is 43.4. The van der Waals surface area contributed by atoms with Crippen molar-refractivity contribution < 1.29 is 34.8 Å². The van der Waals surface area contributed by atoms with E-state index in [-0.39, 0.29) is 23.3 Å². The van der Waals surface area contributed by atoms with Gasteiger partial charge in [-0.25, -0.2) is 0 Å². The van der Waals surface area contributed by atoms with Crippen molar-refractivity contribution in [2.24, 2.45) is 17.6 Å². The van der Waals surface area contributed by atoms with Gasteiger partial charge in [-0.2, -0.15) is 0 Å². The highest BCUT2D eigenvalue weighted by atomic mass is 127.